The third-order valence-electron chi connectivity index (χ3n) is 2.41. The lowest BCUT2D eigenvalue weighted by atomic mass is 10.3. The van der Waals surface area contributed by atoms with Crippen LogP contribution < -0.4 is 9.46 Å². The van der Waals surface area contributed by atoms with E-state index >= 15 is 0 Å². The summed E-state index contributed by atoms with van der Waals surface area (Å²) in [5.74, 6) is 0.306. The number of benzene rings is 1. The average Bonchev–Trinajstić information content (AvgIpc) is 2.36. The van der Waals surface area contributed by atoms with Crippen molar-refractivity contribution >= 4 is 27.5 Å². The SMILES string of the molecule is CN(CCNS(C)(=O)=O)C(=O)COc1ccc(Cl)cc1. The quantitative estimate of drug-likeness (QED) is 0.803. The lowest BCUT2D eigenvalue weighted by Crippen LogP contribution is -2.38. The van der Waals surface area contributed by atoms with E-state index in [1.165, 1.54) is 4.90 Å². The molecule has 6 nitrogen and oxygen atoms in total. The van der Waals surface area contributed by atoms with Crippen molar-refractivity contribution < 1.29 is 17.9 Å². The van der Waals surface area contributed by atoms with E-state index in [2.05, 4.69) is 4.72 Å². The van der Waals surface area contributed by atoms with Crippen molar-refractivity contribution in [3.63, 3.8) is 0 Å². The molecular formula is C12H17ClN2O4S. The minimum absolute atomic E-state index is 0.114. The summed E-state index contributed by atoms with van der Waals surface area (Å²) in [5, 5.41) is 0.590. The van der Waals surface area contributed by atoms with Crippen LogP contribution in [0.15, 0.2) is 24.3 Å². The van der Waals surface area contributed by atoms with E-state index < -0.39 is 10.0 Å². The molecule has 1 rings (SSSR count). The van der Waals surface area contributed by atoms with E-state index in [1.807, 2.05) is 0 Å². The predicted octanol–water partition coefficient (Wildman–Crippen LogP) is 0.726. The molecule has 0 bridgehead atoms. The molecule has 0 aliphatic rings. The van der Waals surface area contributed by atoms with Crippen LogP contribution in [0.1, 0.15) is 0 Å². The number of carbonyl (C=O) groups is 1. The fraction of sp³-hybridized carbons (Fsp3) is 0.417. The number of sulfonamides is 1. The molecule has 8 heteroatoms. The zero-order chi connectivity index (χ0) is 15.2. The Labute approximate surface area is 123 Å². The fourth-order valence-corrected chi connectivity index (χ4v) is 1.90. The highest BCUT2D eigenvalue weighted by Crippen LogP contribution is 2.15. The standard InChI is InChI=1S/C12H17ClN2O4S/c1-15(8-7-14-20(2,17)18)12(16)9-19-11-5-3-10(13)4-6-11/h3-6,14H,7-9H2,1-2H3. The smallest absolute Gasteiger partial charge is 0.260 e. The van der Waals surface area contributed by atoms with E-state index in [-0.39, 0.29) is 25.6 Å². The second kappa shape index (κ2) is 7.47. The molecule has 1 aromatic carbocycles. The monoisotopic (exact) mass is 320 g/mol. The average molecular weight is 321 g/mol. The molecule has 1 aromatic rings. The number of hydrogen-bond acceptors (Lipinski definition) is 4. The van der Waals surface area contributed by atoms with Gasteiger partial charge in [-0.3, -0.25) is 4.79 Å². The Hall–Kier alpha value is -1.31. The first kappa shape index (κ1) is 16.7. The van der Waals surface area contributed by atoms with Gasteiger partial charge in [0.05, 0.1) is 6.26 Å². The normalized spacial score (nSPS) is 11.2. The first-order valence-corrected chi connectivity index (χ1v) is 8.12. The summed E-state index contributed by atoms with van der Waals surface area (Å²) in [6.45, 7) is 0.328. The van der Waals surface area contributed by atoms with Crippen molar-refractivity contribution in [2.45, 2.75) is 0 Å². The van der Waals surface area contributed by atoms with Gasteiger partial charge in [-0.15, -0.1) is 0 Å². The van der Waals surface area contributed by atoms with Crippen LogP contribution in [-0.4, -0.2) is 52.2 Å². The number of rotatable bonds is 7. The topological polar surface area (TPSA) is 75.7 Å². The van der Waals surface area contributed by atoms with Crippen LogP contribution in [0.25, 0.3) is 0 Å². The predicted molar refractivity (Wildman–Crippen MR) is 77.4 cm³/mol. The van der Waals surface area contributed by atoms with Gasteiger partial charge >= 0.3 is 0 Å². The van der Waals surface area contributed by atoms with Crippen LogP contribution >= 0.6 is 11.6 Å². The number of nitrogens with one attached hydrogen (secondary N) is 1. The highest BCUT2D eigenvalue weighted by molar-refractivity contribution is 7.88. The first-order chi connectivity index (χ1) is 9.28. The molecule has 0 aliphatic carbocycles. The van der Waals surface area contributed by atoms with E-state index in [9.17, 15) is 13.2 Å². The molecule has 20 heavy (non-hydrogen) atoms. The Bertz CT molecular complexity index is 545. The summed E-state index contributed by atoms with van der Waals surface area (Å²) in [6, 6.07) is 6.67. The van der Waals surface area contributed by atoms with E-state index in [4.69, 9.17) is 16.3 Å². The van der Waals surface area contributed by atoms with Crippen molar-refractivity contribution in [3.8, 4) is 5.75 Å². The zero-order valence-corrected chi connectivity index (χ0v) is 12.9. The van der Waals surface area contributed by atoms with Crippen molar-refractivity contribution in [2.24, 2.45) is 0 Å². The van der Waals surface area contributed by atoms with E-state index in [0.717, 1.165) is 6.26 Å². The number of carbonyl (C=O) groups excluding carboxylic acids is 1. The summed E-state index contributed by atoms with van der Waals surface area (Å²) < 4.78 is 29.4. The maximum absolute atomic E-state index is 11.7. The molecule has 0 fully saturated rings. The Morgan fingerprint density at radius 2 is 1.95 bits per heavy atom. The van der Waals surface area contributed by atoms with Gasteiger partial charge in [-0.05, 0) is 24.3 Å². The van der Waals surface area contributed by atoms with Gasteiger partial charge in [-0.25, -0.2) is 13.1 Å². The van der Waals surface area contributed by atoms with Crippen molar-refractivity contribution in [3.05, 3.63) is 29.3 Å². The Balaban J connectivity index is 2.33. The fourth-order valence-electron chi connectivity index (χ4n) is 1.31. The van der Waals surface area contributed by atoms with Crippen LogP contribution in [0.5, 0.6) is 5.75 Å². The third-order valence-corrected chi connectivity index (χ3v) is 3.39. The van der Waals surface area contributed by atoms with E-state index in [1.54, 1.807) is 31.3 Å². The molecule has 112 valence electrons. The van der Waals surface area contributed by atoms with Gasteiger partial charge < -0.3 is 9.64 Å². The van der Waals surface area contributed by atoms with Gasteiger partial charge in [0, 0.05) is 25.2 Å². The lowest BCUT2D eigenvalue weighted by molar-refractivity contribution is -0.131. The van der Waals surface area contributed by atoms with Gasteiger partial charge in [0.25, 0.3) is 5.91 Å². The summed E-state index contributed by atoms with van der Waals surface area (Å²) in [5.41, 5.74) is 0. The van der Waals surface area contributed by atoms with Crippen LogP contribution in [-0.2, 0) is 14.8 Å². The number of likely N-dealkylation sites (N-methyl/N-ethyl adjacent to an activating group) is 1. The molecule has 1 N–H and O–H groups in total. The van der Waals surface area contributed by atoms with Crippen LogP contribution in [0.2, 0.25) is 5.02 Å². The van der Waals surface area contributed by atoms with Gasteiger partial charge in [-0.1, -0.05) is 11.6 Å². The highest BCUT2D eigenvalue weighted by atomic mass is 35.5. The Morgan fingerprint density at radius 3 is 2.50 bits per heavy atom. The molecule has 0 aromatic heterocycles. The number of hydrogen-bond donors (Lipinski definition) is 1. The third kappa shape index (κ3) is 6.74. The molecule has 0 radical (unpaired) electrons. The van der Waals surface area contributed by atoms with Gasteiger partial charge in [0.15, 0.2) is 6.61 Å². The number of halogens is 1. The molecule has 0 atom stereocenters. The van der Waals surface area contributed by atoms with Crippen LogP contribution in [0.4, 0.5) is 0 Å². The van der Waals surface area contributed by atoms with Gasteiger partial charge in [0.2, 0.25) is 10.0 Å². The Kier molecular flexibility index (Phi) is 6.25. The molecule has 0 unspecified atom stereocenters. The van der Waals surface area contributed by atoms with Gasteiger partial charge in [0.1, 0.15) is 5.75 Å². The van der Waals surface area contributed by atoms with Crippen molar-refractivity contribution in [2.75, 3.05) is 33.0 Å². The first-order valence-electron chi connectivity index (χ1n) is 5.85. The van der Waals surface area contributed by atoms with E-state index in [0.29, 0.717) is 10.8 Å². The molecular weight excluding hydrogens is 304 g/mol. The molecule has 0 saturated heterocycles. The van der Waals surface area contributed by atoms with Gasteiger partial charge in [-0.2, -0.15) is 0 Å². The highest BCUT2D eigenvalue weighted by Gasteiger charge is 2.10. The minimum Gasteiger partial charge on any atom is -0.484 e. The summed E-state index contributed by atoms with van der Waals surface area (Å²) in [6.07, 6.45) is 1.07. The summed E-state index contributed by atoms with van der Waals surface area (Å²) in [4.78, 5) is 13.1. The van der Waals surface area contributed by atoms with Crippen molar-refractivity contribution in [1.29, 1.82) is 0 Å². The number of ether oxygens (including phenoxy) is 1. The van der Waals surface area contributed by atoms with Crippen LogP contribution in [0, 0.1) is 0 Å². The maximum Gasteiger partial charge on any atom is 0.260 e. The zero-order valence-electron chi connectivity index (χ0n) is 11.3. The summed E-state index contributed by atoms with van der Waals surface area (Å²) in [7, 11) is -1.66. The molecule has 0 saturated carbocycles. The molecule has 0 heterocycles. The van der Waals surface area contributed by atoms with Crippen LogP contribution in [0.3, 0.4) is 0 Å². The molecule has 0 aliphatic heterocycles. The second-order valence-corrected chi connectivity index (χ2v) is 6.49. The minimum atomic E-state index is -3.24. The maximum atomic E-state index is 11.7. The molecule has 1 amide bonds. The largest absolute Gasteiger partial charge is 0.484 e. The lowest BCUT2D eigenvalue weighted by Gasteiger charge is -2.17. The number of amides is 1. The number of nitrogens with zero attached hydrogens (tertiary/aromatic N) is 1. The van der Waals surface area contributed by atoms with Crippen molar-refractivity contribution in [1.82, 2.24) is 9.62 Å². The second-order valence-electron chi connectivity index (χ2n) is 4.22. The molecule has 0 spiro atoms. The Morgan fingerprint density at radius 1 is 1.35 bits per heavy atom. The summed E-state index contributed by atoms with van der Waals surface area (Å²) >= 11 is 5.73.